The second-order valence-electron chi connectivity index (χ2n) is 6.34. The first kappa shape index (κ1) is 16.0. The molecule has 1 aromatic carbocycles. The zero-order chi connectivity index (χ0) is 15.3. The number of likely N-dealkylation sites (N-methyl/N-ethyl adjacent to an activating group) is 1. The van der Waals surface area contributed by atoms with E-state index in [1.807, 2.05) is 31.2 Å². The highest BCUT2D eigenvalue weighted by atomic mass is 16.1. The quantitative estimate of drug-likeness (QED) is 0.845. The lowest BCUT2D eigenvalue weighted by molar-refractivity contribution is -0.115. The molecule has 0 aromatic heterocycles. The first-order chi connectivity index (χ1) is 10.0. The highest BCUT2D eigenvalue weighted by Crippen LogP contribution is 2.32. The van der Waals surface area contributed by atoms with Gasteiger partial charge in [-0.1, -0.05) is 30.5 Å². The molecule has 0 bridgehead atoms. The van der Waals surface area contributed by atoms with Gasteiger partial charge in [0.05, 0.1) is 6.54 Å². The fourth-order valence-electron chi connectivity index (χ4n) is 3.07. The Morgan fingerprint density at radius 2 is 1.81 bits per heavy atom. The molecule has 1 amide bonds. The summed E-state index contributed by atoms with van der Waals surface area (Å²) in [6, 6.07) is 7.88. The molecule has 4 heteroatoms. The minimum Gasteiger partial charge on any atom is -0.325 e. The van der Waals surface area contributed by atoms with Gasteiger partial charge in [0.1, 0.15) is 0 Å². The lowest BCUT2D eigenvalue weighted by Crippen LogP contribution is -2.50. The van der Waals surface area contributed by atoms with Gasteiger partial charge in [-0.25, -0.2) is 0 Å². The van der Waals surface area contributed by atoms with Gasteiger partial charge in [0.2, 0.25) is 5.91 Å². The van der Waals surface area contributed by atoms with Gasteiger partial charge >= 0.3 is 0 Å². The number of hydrogen-bond acceptors (Lipinski definition) is 3. The number of nitrogens with one attached hydrogen (secondary N) is 2. The molecule has 0 unspecified atom stereocenters. The first-order valence-corrected chi connectivity index (χ1v) is 7.76. The van der Waals surface area contributed by atoms with Gasteiger partial charge < -0.3 is 15.5 Å². The van der Waals surface area contributed by atoms with Crippen LogP contribution in [0.2, 0.25) is 0 Å². The van der Waals surface area contributed by atoms with E-state index in [2.05, 4.69) is 29.6 Å². The van der Waals surface area contributed by atoms with Crippen molar-refractivity contribution in [3.05, 3.63) is 29.8 Å². The standard InChI is InChI=1S/C17H27N3O/c1-14-6-8-15(9-7-14)19-16(21)12-18-13-17(20(2)3)10-4-5-11-17/h6-9,18H,4-5,10-13H2,1-3H3,(H,19,21). The number of nitrogens with zero attached hydrogens (tertiary/aromatic N) is 1. The van der Waals surface area contributed by atoms with Gasteiger partial charge in [-0.2, -0.15) is 0 Å². The van der Waals surface area contributed by atoms with Crippen LogP contribution in [-0.4, -0.2) is 43.5 Å². The van der Waals surface area contributed by atoms with Crippen molar-refractivity contribution in [3.63, 3.8) is 0 Å². The Bertz CT molecular complexity index is 461. The van der Waals surface area contributed by atoms with Crippen LogP contribution in [-0.2, 0) is 4.79 Å². The minimum absolute atomic E-state index is 0.0192. The zero-order valence-electron chi connectivity index (χ0n) is 13.4. The van der Waals surface area contributed by atoms with Crippen molar-refractivity contribution in [2.45, 2.75) is 38.1 Å². The summed E-state index contributed by atoms with van der Waals surface area (Å²) in [6.07, 6.45) is 5.00. The van der Waals surface area contributed by atoms with E-state index in [-0.39, 0.29) is 11.4 Å². The van der Waals surface area contributed by atoms with Gasteiger partial charge in [0.15, 0.2) is 0 Å². The Labute approximate surface area is 127 Å². The molecule has 1 aliphatic rings. The summed E-state index contributed by atoms with van der Waals surface area (Å²) in [5.74, 6) is 0.0192. The van der Waals surface area contributed by atoms with E-state index in [0.717, 1.165) is 12.2 Å². The van der Waals surface area contributed by atoms with E-state index >= 15 is 0 Å². The maximum Gasteiger partial charge on any atom is 0.238 e. The molecule has 0 saturated heterocycles. The van der Waals surface area contributed by atoms with Crippen LogP contribution in [0.1, 0.15) is 31.2 Å². The summed E-state index contributed by atoms with van der Waals surface area (Å²) in [7, 11) is 4.28. The number of rotatable bonds is 6. The molecule has 0 heterocycles. The highest BCUT2D eigenvalue weighted by Gasteiger charge is 2.35. The summed E-state index contributed by atoms with van der Waals surface area (Å²) in [5.41, 5.74) is 2.28. The molecule has 1 fully saturated rings. The molecular weight excluding hydrogens is 262 g/mol. The molecule has 1 aromatic rings. The molecule has 0 aliphatic heterocycles. The molecule has 0 atom stereocenters. The maximum atomic E-state index is 12.0. The van der Waals surface area contributed by atoms with Crippen LogP contribution < -0.4 is 10.6 Å². The van der Waals surface area contributed by atoms with E-state index in [1.165, 1.54) is 31.2 Å². The summed E-state index contributed by atoms with van der Waals surface area (Å²) in [4.78, 5) is 14.3. The van der Waals surface area contributed by atoms with Crippen molar-refractivity contribution in [1.29, 1.82) is 0 Å². The van der Waals surface area contributed by atoms with Gasteiger partial charge in [0.25, 0.3) is 0 Å². The van der Waals surface area contributed by atoms with Crippen molar-refractivity contribution < 1.29 is 4.79 Å². The SMILES string of the molecule is Cc1ccc(NC(=O)CNCC2(N(C)C)CCCC2)cc1. The normalized spacial score (nSPS) is 17.1. The molecule has 2 N–H and O–H groups in total. The third-order valence-corrected chi connectivity index (χ3v) is 4.56. The topological polar surface area (TPSA) is 44.4 Å². The molecule has 116 valence electrons. The molecule has 0 radical (unpaired) electrons. The molecule has 4 nitrogen and oxygen atoms in total. The number of carbonyl (C=O) groups excluding carboxylic acids is 1. The first-order valence-electron chi connectivity index (χ1n) is 7.76. The Morgan fingerprint density at radius 1 is 1.19 bits per heavy atom. The monoisotopic (exact) mass is 289 g/mol. The van der Waals surface area contributed by atoms with E-state index in [9.17, 15) is 4.79 Å². The number of benzene rings is 1. The van der Waals surface area contributed by atoms with Crippen LogP contribution in [0.25, 0.3) is 0 Å². The molecule has 0 spiro atoms. The second-order valence-corrected chi connectivity index (χ2v) is 6.34. The second kappa shape index (κ2) is 7.05. The van der Waals surface area contributed by atoms with Crippen LogP contribution in [0.5, 0.6) is 0 Å². The summed E-state index contributed by atoms with van der Waals surface area (Å²) in [6.45, 7) is 3.28. The van der Waals surface area contributed by atoms with Crippen LogP contribution in [0.4, 0.5) is 5.69 Å². The average Bonchev–Trinajstić information content (AvgIpc) is 2.91. The highest BCUT2D eigenvalue weighted by molar-refractivity contribution is 5.92. The fraction of sp³-hybridized carbons (Fsp3) is 0.588. The Morgan fingerprint density at radius 3 is 2.38 bits per heavy atom. The maximum absolute atomic E-state index is 12.0. The molecule has 1 aliphatic carbocycles. The molecular formula is C17H27N3O. The minimum atomic E-state index is 0.0192. The van der Waals surface area contributed by atoms with E-state index < -0.39 is 0 Å². The van der Waals surface area contributed by atoms with E-state index in [4.69, 9.17) is 0 Å². The summed E-state index contributed by atoms with van der Waals surface area (Å²) in [5, 5.41) is 6.25. The van der Waals surface area contributed by atoms with Crippen molar-refractivity contribution in [3.8, 4) is 0 Å². The summed E-state index contributed by atoms with van der Waals surface area (Å²) >= 11 is 0. The van der Waals surface area contributed by atoms with E-state index in [0.29, 0.717) is 6.54 Å². The molecule has 21 heavy (non-hydrogen) atoms. The summed E-state index contributed by atoms with van der Waals surface area (Å²) < 4.78 is 0. The van der Waals surface area contributed by atoms with Gasteiger partial charge in [0, 0.05) is 17.8 Å². The van der Waals surface area contributed by atoms with Crippen molar-refractivity contribution in [1.82, 2.24) is 10.2 Å². The smallest absolute Gasteiger partial charge is 0.238 e. The zero-order valence-corrected chi connectivity index (χ0v) is 13.4. The number of aryl methyl sites for hydroxylation is 1. The van der Waals surface area contributed by atoms with Crippen LogP contribution >= 0.6 is 0 Å². The molecule has 2 rings (SSSR count). The average molecular weight is 289 g/mol. The number of hydrogen-bond donors (Lipinski definition) is 2. The Hall–Kier alpha value is -1.39. The van der Waals surface area contributed by atoms with Crippen molar-refractivity contribution in [2.75, 3.05) is 32.5 Å². The predicted molar refractivity (Wildman–Crippen MR) is 87.6 cm³/mol. The number of amides is 1. The Balaban J connectivity index is 1.77. The molecule has 1 saturated carbocycles. The van der Waals surface area contributed by atoms with E-state index in [1.54, 1.807) is 0 Å². The lowest BCUT2D eigenvalue weighted by atomic mass is 9.96. The van der Waals surface area contributed by atoms with Gasteiger partial charge in [-0.05, 0) is 46.0 Å². The predicted octanol–water partition coefficient (Wildman–Crippen LogP) is 2.40. The third-order valence-electron chi connectivity index (χ3n) is 4.56. The Kier molecular flexibility index (Phi) is 5.37. The number of carbonyl (C=O) groups is 1. The van der Waals surface area contributed by atoms with Crippen molar-refractivity contribution in [2.24, 2.45) is 0 Å². The lowest BCUT2D eigenvalue weighted by Gasteiger charge is -2.36. The largest absolute Gasteiger partial charge is 0.325 e. The van der Waals surface area contributed by atoms with Crippen LogP contribution in [0.3, 0.4) is 0 Å². The van der Waals surface area contributed by atoms with Crippen LogP contribution in [0.15, 0.2) is 24.3 Å². The van der Waals surface area contributed by atoms with Gasteiger partial charge in [-0.3, -0.25) is 4.79 Å². The van der Waals surface area contributed by atoms with Crippen molar-refractivity contribution >= 4 is 11.6 Å². The fourth-order valence-corrected chi connectivity index (χ4v) is 3.07. The van der Waals surface area contributed by atoms with Crippen LogP contribution in [0, 0.1) is 6.92 Å². The number of anilines is 1. The van der Waals surface area contributed by atoms with Gasteiger partial charge in [-0.15, -0.1) is 0 Å². The third kappa shape index (κ3) is 4.29.